The molecule has 148 valence electrons. The summed E-state index contributed by atoms with van der Waals surface area (Å²) in [5.74, 6) is 1.11. The quantitative estimate of drug-likeness (QED) is 0.330. The summed E-state index contributed by atoms with van der Waals surface area (Å²) in [7, 11) is 1.63. The topological polar surface area (TPSA) is 84.4 Å². The number of thioether (sulfide) groups is 1. The molecular formula is C20H18N4O3S2. The third kappa shape index (κ3) is 4.25. The van der Waals surface area contributed by atoms with Gasteiger partial charge in [0.15, 0.2) is 4.34 Å². The zero-order chi connectivity index (χ0) is 20.2. The Bertz CT molecular complexity index is 1000. The molecule has 0 radical (unpaired) electrons. The van der Waals surface area contributed by atoms with E-state index in [1.165, 1.54) is 16.2 Å². The Morgan fingerprint density at radius 1 is 1.03 bits per heavy atom. The molecule has 2 amide bonds. The molecule has 3 aromatic rings. The number of fused-ring (bicyclic) bond motifs is 1. The van der Waals surface area contributed by atoms with Gasteiger partial charge in [-0.25, -0.2) is 0 Å². The van der Waals surface area contributed by atoms with Gasteiger partial charge in [-0.05, 0) is 42.8 Å². The normalized spacial score (nSPS) is 12.9. The lowest BCUT2D eigenvalue weighted by molar-refractivity contribution is 0.0655. The Hall–Kier alpha value is -2.91. The number of nitrogens with one attached hydrogen (secondary N) is 1. The maximum atomic E-state index is 12.4. The van der Waals surface area contributed by atoms with Crippen molar-refractivity contribution in [2.75, 3.05) is 24.7 Å². The third-order valence-electron chi connectivity index (χ3n) is 4.38. The Morgan fingerprint density at radius 2 is 1.72 bits per heavy atom. The second-order valence-corrected chi connectivity index (χ2v) is 8.56. The predicted molar refractivity (Wildman–Crippen MR) is 113 cm³/mol. The van der Waals surface area contributed by atoms with Gasteiger partial charge in [-0.3, -0.25) is 14.5 Å². The highest BCUT2D eigenvalue weighted by Crippen LogP contribution is 2.29. The smallest absolute Gasteiger partial charge is 0.261 e. The summed E-state index contributed by atoms with van der Waals surface area (Å²) in [6, 6.07) is 14.5. The van der Waals surface area contributed by atoms with Crippen LogP contribution < -0.4 is 10.1 Å². The predicted octanol–water partition coefficient (Wildman–Crippen LogP) is 4.07. The summed E-state index contributed by atoms with van der Waals surface area (Å²) in [4.78, 5) is 26.0. The monoisotopic (exact) mass is 426 g/mol. The van der Waals surface area contributed by atoms with Crippen molar-refractivity contribution in [3.63, 3.8) is 0 Å². The van der Waals surface area contributed by atoms with Crippen molar-refractivity contribution in [1.82, 2.24) is 15.1 Å². The van der Waals surface area contributed by atoms with Gasteiger partial charge in [0.25, 0.3) is 11.8 Å². The molecular weight excluding hydrogens is 408 g/mol. The molecule has 0 spiro atoms. The van der Waals surface area contributed by atoms with Crippen LogP contribution >= 0.6 is 23.1 Å². The van der Waals surface area contributed by atoms with Gasteiger partial charge in [0.05, 0.1) is 18.2 Å². The minimum absolute atomic E-state index is 0.211. The molecule has 1 aliphatic heterocycles. The highest BCUT2D eigenvalue weighted by Gasteiger charge is 2.34. The number of hydrogen-bond donors (Lipinski definition) is 1. The zero-order valence-corrected chi connectivity index (χ0v) is 17.3. The first-order valence-corrected chi connectivity index (χ1v) is 10.8. The number of anilines is 2. The van der Waals surface area contributed by atoms with Gasteiger partial charge in [-0.1, -0.05) is 35.2 Å². The van der Waals surface area contributed by atoms with Crippen LogP contribution in [0.3, 0.4) is 0 Å². The number of nitrogens with zero attached hydrogens (tertiary/aromatic N) is 3. The molecule has 2 heterocycles. The minimum atomic E-state index is -0.211. The van der Waals surface area contributed by atoms with Gasteiger partial charge in [-0.2, -0.15) is 0 Å². The van der Waals surface area contributed by atoms with Crippen molar-refractivity contribution in [3.8, 4) is 5.75 Å². The Kier molecular flexibility index (Phi) is 5.77. The first-order chi connectivity index (χ1) is 14.2. The maximum absolute atomic E-state index is 12.4. The molecule has 0 saturated carbocycles. The summed E-state index contributed by atoms with van der Waals surface area (Å²) in [5, 5.41) is 12.2. The number of carbonyl (C=O) groups is 2. The van der Waals surface area contributed by atoms with Crippen molar-refractivity contribution in [2.24, 2.45) is 0 Å². The van der Waals surface area contributed by atoms with Crippen LogP contribution in [-0.4, -0.2) is 46.3 Å². The van der Waals surface area contributed by atoms with Gasteiger partial charge in [0.2, 0.25) is 5.13 Å². The van der Waals surface area contributed by atoms with Gasteiger partial charge in [0.1, 0.15) is 5.75 Å². The van der Waals surface area contributed by atoms with Crippen LogP contribution in [0.4, 0.5) is 10.8 Å². The van der Waals surface area contributed by atoms with Crippen LogP contribution in [0.1, 0.15) is 27.1 Å². The van der Waals surface area contributed by atoms with Gasteiger partial charge < -0.3 is 10.1 Å². The largest absolute Gasteiger partial charge is 0.497 e. The lowest BCUT2D eigenvalue weighted by atomic mass is 10.1. The molecule has 0 aliphatic carbocycles. The fraction of sp³-hybridized carbons (Fsp3) is 0.200. The van der Waals surface area contributed by atoms with Gasteiger partial charge in [-0.15, -0.1) is 10.2 Å². The Labute approximate surface area is 176 Å². The average molecular weight is 427 g/mol. The number of aromatic nitrogens is 2. The lowest BCUT2D eigenvalue weighted by Crippen LogP contribution is -2.30. The van der Waals surface area contributed by atoms with E-state index in [1.807, 2.05) is 24.3 Å². The fourth-order valence-corrected chi connectivity index (χ4v) is 4.71. The SMILES string of the molecule is COc1ccc(Nc2nnc(SCCCN3C(=O)c4ccccc4C3=O)s2)cc1. The van der Waals surface area contributed by atoms with E-state index >= 15 is 0 Å². The second kappa shape index (κ2) is 8.62. The molecule has 4 rings (SSSR count). The molecule has 7 nitrogen and oxygen atoms in total. The first-order valence-electron chi connectivity index (χ1n) is 8.98. The summed E-state index contributed by atoms with van der Waals surface area (Å²) >= 11 is 3.03. The molecule has 1 N–H and O–H groups in total. The van der Waals surface area contributed by atoms with Crippen molar-refractivity contribution < 1.29 is 14.3 Å². The Balaban J connectivity index is 1.25. The number of benzene rings is 2. The maximum Gasteiger partial charge on any atom is 0.261 e. The number of ether oxygens (including phenoxy) is 1. The summed E-state index contributed by atoms with van der Waals surface area (Å²) < 4.78 is 5.98. The van der Waals surface area contributed by atoms with Crippen molar-refractivity contribution in [2.45, 2.75) is 10.8 Å². The molecule has 2 aromatic carbocycles. The molecule has 0 fully saturated rings. The van der Waals surface area contributed by atoms with Gasteiger partial charge in [0, 0.05) is 18.0 Å². The molecule has 9 heteroatoms. The molecule has 0 unspecified atom stereocenters. The number of methoxy groups -OCH3 is 1. The molecule has 29 heavy (non-hydrogen) atoms. The van der Waals surface area contributed by atoms with E-state index in [0.717, 1.165) is 21.5 Å². The average Bonchev–Trinajstić information content (AvgIpc) is 3.29. The van der Waals surface area contributed by atoms with E-state index in [2.05, 4.69) is 15.5 Å². The third-order valence-corrected chi connectivity index (χ3v) is 6.44. The van der Waals surface area contributed by atoms with Crippen molar-refractivity contribution in [3.05, 3.63) is 59.7 Å². The van der Waals surface area contributed by atoms with Gasteiger partial charge >= 0.3 is 0 Å². The summed E-state index contributed by atoms with van der Waals surface area (Å²) in [5.41, 5.74) is 1.89. The molecule has 0 atom stereocenters. The highest BCUT2D eigenvalue weighted by molar-refractivity contribution is 8.01. The molecule has 1 aromatic heterocycles. The van der Waals surface area contributed by atoms with Crippen LogP contribution in [0.5, 0.6) is 5.75 Å². The number of hydrogen-bond acceptors (Lipinski definition) is 8. The van der Waals surface area contributed by atoms with Crippen LogP contribution in [0.25, 0.3) is 0 Å². The van der Waals surface area contributed by atoms with Crippen LogP contribution in [0, 0.1) is 0 Å². The number of carbonyl (C=O) groups excluding carboxylic acids is 2. The lowest BCUT2D eigenvalue weighted by Gasteiger charge is -2.12. The van der Waals surface area contributed by atoms with E-state index in [4.69, 9.17) is 4.74 Å². The van der Waals surface area contributed by atoms with Crippen LogP contribution in [0.2, 0.25) is 0 Å². The van der Waals surface area contributed by atoms with E-state index in [-0.39, 0.29) is 11.8 Å². The summed E-state index contributed by atoms with van der Waals surface area (Å²) in [6.07, 6.45) is 0.691. The van der Waals surface area contributed by atoms with Crippen molar-refractivity contribution in [1.29, 1.82) is 0 Å². The second-order valence-electron chi connectivity index (χ2n) is 6.24. The molecule has 0 bridgehead atoms. The summed E-state index contributed by atoms with van der Waals surface area (Å²) in [6.45, 7) is 0.398. The van der Waals surface area contributed by atoms with Crippen LogP contribution in [-0.2, 0) is 0 Å². The first kappa shape index (κ1) is 19.4. The number of rotatable bonds is 8. The minimum Gasteiger partial charge on any atom is -0.497 e. The van der Waals surface area contributed by atoms with E-state index in [0.29, 0.717) is 29.2 Å². The van der Waals surface area contributed by atoms with Crippen molar-refractivity contribution >= 4 is 45.7 Å². The molecule has 1 aliphatic rings. The number of amides is 2. The fourth-order valence-electron chi connectivity index (χ4n) is 2.94. The standard InChI is InChI=1S/C20H18N4O3S2/c1-27-14-9-7-13(8-10-14)21-19-22-23-20(29-19)28-12-4-11-24-17(25)15-5-2-3-6-16(15)18(24)26/h2-3,5-10H,4,11-12H2,1H3,(H,21,22). The zero-order valence-electron chi connectivity index (χ0n) is 15.6. The van der Waals surface area contributed by atoms with E-state index in [1.54, 1.807) is 43.1 Å². The van der Waals surface area contributed by atoms with Crippen LogP contribution in [0.15, 0.2) is 52.9 Å². The molecule has 0 saturated heterocycles. The number of imide groups is 1. The van der Waals surface area contributed by atoms with E-state index < -0.39 is 0 Å². The Morgan fingerprint density at radius 3 is 2.38 bits per heavy atom. The highest BCUT2D eigenvalue weighted by atomic mass is 32.2. The van der Waals surface area contributed by atoms with E-state index in [9.17, 15) is 9.59 Å².